The lowest BCUT2D eigenvalue weighted by Crippen LogP contribution is -2.28. The van der Waals surface area contributed by atoms with Gasteiger partial charge in [0.2, 0.25) is 5.95 Å². The zero-order chi connectivity index (χ0) is 11.1. The van der Waals surface area contributed by atoms with Crippen molar-refractivity contribution in [1.82, 2.24) is 9.97 Å². The average Bonchev–Trinajstić information content (AvgIpc) is 2.26. The third kappa shape index (κ3) is 3.71. The average molecular weight is 210 g/mol. The van der Waals surface area contributed by atoms with Gasteiger partial charge in [-0.15, -0.1) is 0 Å². The normalized spacial score (nSPS) is 10.3. The summed E-state index contributed by atoms with van der Waals surface area (Å²) in [7, 11) is 0. The first kappa shape index (κ1) is 11.7. The molecule has 84 valence electrons. The number of hydrogen-bond acceptors (Lipinski definition) is 5. The number of anilines is 2. The molecule has 1 aromatic heterocycles. The number of likely N-dealkylation sites (N-methyl/N-ethyl adjacent to an activating group) is 1. The molecule has 0 aromatic carbocycles. The topological polar surface area (TPSA) is 64.3 Å². The summed E-state index contributed by atoms with van der Waals surface area (Å²) in [5.74, 6) is 0.700. The van der Waals surface area contributed by atoms with Crippen LogP contribution < -0.4 is 10.6 Å². The highest BCUT2D eigenvalue weighted by molar-refractivity contribution is 5.37. The fourth-order valence-corrected chi connectivity index (χ4v) is 1.21. The van der Waals surface area contributed by atoms with E-state index in [2.05, 4.69) is 21.8 Å². The summed E-state index contributed by atoms with van der Waals surface area (Å²) in [4.78, 5) is 10.4. The highest BCUT2D eigenvalue weighted by atomic mass is 16.5. The predicted octanol–water partition coefficient (Wildman–Crippen LogP) is 0.922. The van der Waals surface area contributed by atoms with Crippen molar-refractivity contribution in [3.63, 3.8) is 0 Å². The Kier molecular flexibility index (Phi) is 4.83. The van der Waals surface area contributed by atoms with Crippen molar-refractivity contribution in [2.45, 2.75) is 13.8 Å². The van der Waals surface area contributed by atoms with E-state index >= 15 is 0 Å². The quantitative estimate of drug-likeness (QED) is 0.707. The molecule has 0 aliphatic heterocycles. The minimum Gasteiger partial charge on any atom is -0.396 e. The smallest absolute Gasteiger partial charge is 0.225 e. The lowest BCUT2D eigenvalue weighted by atomic mass is 10.5. The van der Waals surface area contributed by atoms with Crippen LogP contribution in [0, 0.1) is 0 Å². The molecular formula is C10H18N4O. The molecule has 1 aromatic rings. The summed E-state index contributed by atoms with van der Waals surface area (Å²) < 4.78 is 5.29. The molecule has 0 atom stereocenters. The lowest BCUT2D eigenvalue weighted by molar-refractivity contribution is 0.153. The van der Waals surface area contributed by atoms with Gasteiger partial charge in [0, 0.05) is 19.7 Å². The van der Waals surface area contributed by atoms with Gasteiger partial charge in [0.1, 0.15) is 0 Å². The maximum absolute atomic E-state index is 5.52. The van der Waals surface area contributed by atoms with E-state index in [9.17, 15) is 0 Å². The second-order valence-electron chi connectivity index (χ2n) is 3.09. The Bertz CT molecular complexity index is 275. The van der Waals surface area contributed by atoms with Crippen LogP contribution in [-0.4, -0.2) is 36.3 Å². The molecule has 2 N–H and O–H groups in total. The molecule has 0 aliphatic carbocycles. The van der Waals surface area contributed by atoms with E-state index in [0.29, 0.717) is 18.2 Å². The first-order valence-electron chi connectivity index (χ1n) is 5.18. The summed E-state index contributed by atoms with van der Waals surface area (Å²) >= 11 is 0. The van der Waals surface area contributed by atoms with Crippen molar-refractivity contribution < 1.29 is 4.74 Å². The highest BCUT2D eigenvalue weighted by Crippen LogP contribution is 2.06. The van der Waals surface area contributed by atoms with Crippen molar-refractivity contribution in [2.24, 2.45) is 0 Å². The van der Waals surface area contributed by atoms with Crippen LogP contribution in [0.1, 0.15) is 13.8 Å². The van der Waals surface area contributed by atoms with E-state index in [0.717, 1.165) is 19.7 Å². The molecule has 0 fully saturated rings. The largest absolute Gasteiger partial charge is 0.396 e. The van der Waals surface area contributed by atoms with Crippen molar-refractivity contribution in [3.8, 4) is 0 Å². The summed E-state index contributed by atoms with van der Waals surface area (Å²) in [6.07, 6.45) is 3.23. The molecule has 0 saturated carbocycles. The summed E-state index contributed by atoms with van der Waals surface area (Å²) in [5, 5.41) is 0. The predicted molar refractivity (Wildman–Crippen MR) is 60.8 cm³/mol. The fraction of sp³-hybridized carbons (Fsp3) is 0.600. The molecule has 1 heterocycles. The summed E-state index contributed by atoms with van der Waals surface area (Å²) in [6, 6.07) is 0. The van der Waals surface area contributed by atoms with Crippen LogP contribution in [0.2, 0.25) is 0 Å². The number of nitrogens with zero attached hydrogens (tertiary/aromatic N) is 3. The van der Waals surface area contributed by atoms with Gasteiger partial charge in [0.15, 0.2) is 0 Å². The van der Waals surface area contributed by atoms with Gasteiger partial charge in [-0.25, -0.2) is 9.97 Å². The third-order valence-electron chi connectivity index (χ3n) is 2.03. The SMILES string of the molecule is CCOCCN(CC)c1ncc(N)cn1. The van der Waals surface area contributed by atoms with Crippen molar-refractivity contribution in [1.29, 1.82) is 0 Å². The number of hydrogen-bond donors (Lipinski definition) is 1. The van der Waals surface area contributed by atoms with E-state index in [1.165, 1.54) is 0 Å². The van der Waals surface area contributed by atoms with Gasteiger partial charge < -0.3 is 15.4 Å². The van der Waals surface area contributed by atoms with Crippen LogP contribution in [0.15, 0.2) is 12.4 Å². The summed E-state index contributed by atoms with van der Waals surface area (Å²) in [5.41, 5.74) is 6.10. The molecular weight excluding hydrogens is 192 g/mol. The molecule has 0 spiro atoms. The summed E-state index contributed by atoms with van der Waals surface area (Å²) in [6.45, 7) is 7.13. The van der Waals surface area contributed by atoms with Crippen LogP contribution >= 0.6 is 0 Å². The van der Waals surface area contributed by atoms with E-state index in [1.807, 2.05) is 6.92 Å². The molecule has 0 bridgehead atoms. The molecule has 0 aliphatic rings. The number of aromatic nitrogens is 2. The van der Waals surface area contributed by atoms with Gasteiger partial charge in [-0.2, -0.15) is 0 Å². The van der Waals surface area contributed by atoms with Crippen molar-refractivity contribution in [2.75, 3.05) is 36.9 Å². The van der Waals surface area contributed by atoms with Gasteiger partial charge in [-0.1, -0.05) is 0 Å². The highest BCUT2D eigenvalue weighted by Gasteiger charge is 2.06. The second kappa shape index (κ2) is 6.19. The minimum atomic E-state index is 0.583. The molecule has 5 heteroatoms. The van der Waals surface area contributed by atoms with Crippen molar-refractivity contribution >= 4 is 11.6 Å². The molecule has 5 nitrogen and oxygen atoms in total. The Morgan fingerprint density at radius 2 is 2.00 bits per heavy atom. The molecule has 0 amide bonds. The number of ether oxygens (including phenoxy) is 1. The number of nitrogens with two attached hydrogens (primary N) is 1. The first-order chi connectivity index (χ1) is 7.27. The van der Waals surface area contributed by atoms with Crippen LogP contribution in [0.5, 0.6) is 0 Å². The van der Waals surface area contributed by atoms with Gasteiger partial charge in [0.25, 0.3) is 0 Å². The minimum absolute atomic E-state index is 0.583. The second-order valence-corrected chi connectivity index (χ2v) is 3.09. The molecule has 0 unspecified atom stereocenters. The van der Waals surface area contributed by atoms with E-state index in [-0.39, 0.29) is 0 Å². The fourth-order valence-electron chi connectivity index (χ4n) is 1.21. The molecule has 15 heavy (non-hydrogen) atoms. The van der Waals surface area contributed by atoms with Crippen LogP contribution in [0.25, 0.3) is 0 Å². The van der Waals surface area contributed by atoms with Gasteiger partial charge in [-0.05, 0) is 13.8 Å². The Morgan fingerprint density at radius 1 is 1.33 bits per heavy atom. The Morgan fingerprint density at radius 3 is 2.53 bits per heavy atom. The maximum Gasteiger partial charge on any atom is 0.225 e. The molecule has 0 radical (unpaired) electrons. The van der Waals surface area contributed by atoms with E-state index in [1.54, 1.807) is 12.4 Å². The third-order valence-corrected chi connectivity index (χ3v) is 2.03. The van der Waals surface area contributed by atoms with Gasteiger partial charge in [-0.3, -0.25) is 0 Å². The van der Waals surface area contributed by atoms with Crippen LogP contribution in [-0.2, 0) is 4.74 Å². The Balaban J connectivity index is 2.53. The maximum atomic E-state index is 5.52. The standard InChI is InChI=1S/C10H18N4O/c1-3-14(5-6-15-4-2)10-12-7-9(11)8-13-10/h7-8H,3-6,11H2,1-2H3. The molecule has 1 rings (SSSR count). The number of nitrogen functional groups attached to an aromatic ring is 1. The Labute approximate surface area is 90.3 Å². The van der Waals surface area contributed by atoms with Gasteiger partial charge in [0.05, 0.1) is 24.7 Å². The Hall–Kier alpha value is -1.36. The zero-order valence-electron chi connectivity index (χ0n) is 9.31. The van der Waals surface area contributed by atoms with E-state index < -0.39 is 0 Å². The first-order valence-corrected chi connectivity index (χ1v) is 5.18. The number of rotatable bonds is 6. The van der Waals surface area contributed by atoms with E-state index in [4.69, 9.17) is 10.5 Å². The van der Waals surface area contributed by atoms with Crippen LogP contribution in [0.3, 0.4) is 0 Å². The zero-order valence-corrected chi connectivity index (χ0v) is 9.31. The van der Waals surface area contributed by atoms with Crippen LogP contribution in [0.4, 0.5) is 11.6 Å². The van der Waals surface area contributed by atoms with Crippen molar-refractivity contribution in [3.05, 3.63) is 12.4 Å². The van der Waals surface area contributed by atoms with Gasteiger partial charge >= 0.3 is 0 Å². The monoisotopic (exact) mass is 210 g/mol. The molecule has 0 saturated heterocycles. The lowest BCUT2D eigenvalue weighted by Gasteiger charge is -2.20.